The van der Waals surface area contributed by atoms with E-state index in [1.165, 1.54) is 0 Å². The number of hydrogen-bond donors (Lipinski definition) is 2. The first-order chi connectivity index (χ1) is 5.10. The van der Waals surface area contributed by atoms with Gasteiger partial charge in [-0.15, -0.1) is 0 Å². The van der Waals surface area contributed by atoms with E-state index in [2.05, 4.69) is 12.2 Å². The van der Waals surface area contributed by atoms with Crippen LogP contribution in [0.5, 0.6) is 0 Å². The number of nitrogens with two attached hydrogens (primary N) is 1. The lowest BCUT2D eigenvalue weighted by molar-refractivity contribution is -0.123. The highest BCUT2D eigenvalue weighted by atomic mass is 32.2. The van der Waals surface area contributed by atoms with Crippen molar-refractivity contribution >= 4 is 17.7 Å². The molecule has 0 aromatic carbocycles. The van der Waals surface area contributed by atoms with Gasteiger partial charge in [0.2, 0.25) is 5.91 Å². The molecule has 4 heteroatoms. The van der Waals surface area contributed by atoms with E-state index in [0.29, 0.717) is 5.25 Å². The molecular formula is C7H14N2OS. The summed E-state index contributed by atoms with van der Waals surface area (Å²) in [5.74, 6) is 0.580. The summed E-state index contributed by atoms with van der Waals surface area (Å²) < 4.78 is 0. The predicted molar refractivity (Wildman–Crippen MR) is 47.5 cm³/mol. The van der Waals surface area contributed by atoms with Crippen LogP contribution in [0.1, 0.15) is 13.3 Å². The summed E-state index contributed by atoms with van der Waals surface area (Å²) in [5.41, 5.74) is 4.85. The Balaban J connectivity index is 2.70. The third kappa shape index (κ3) is 1.51. The fraction of sp³-hybridized carbons (Fsp3) is 0.857. The lowest BCUT2D eigenvalue weighted by Crippen LogP contribution is -2.54. The maximum absolute atomic E-state index is 11.0. The molecule has 1 heterocycles. The molecule has 11 heavy (non-hydrogen) atoms. The van der Waals surface area contributed by atoms with E-state index in [4.69, 9.17) is 5.73 Å². The summed E-state index contributed by atoms with van der Waals surface area (Å²) >= 11 is 1.79. The van der Waals surface area contributed by atoms with E-state index < -0.39 is 5.54 Å². The molecule has 1 saturated heterocycles. The molecule has 2 unspecified atom stereocenters. The Bertz CT molecular complexity index is 174. The molecule has 64 valence electrons. The normalized spacial score (nSPS) is 37.5. The van der Waals surface area contributed by atoms with Crippen molar-refractivity contribution in [1.29, 1.82) is 0 Å². The fourth-order valence-electron chi connectivity index (χ4n) is 1.36. The average molecular weight is 174 g/mol. The van der Waals surface area contributed by atoms with Crippen LogP contribution < -0.4 is 11.1 Å². The molecule has 0 spiro atoms. The first-order valence-electron chi connectivity index (χ1n) is 3.71. The van der Waals surface area contributed by atoms with Gasteiger partial charge in [0.1, 0.15) is 5.54 Å². The van der Waals surface area contributed by atoms with E-state index >= 15 is 0 Å². The second kappa shape index (κ2) is 3.03. The molecule has 0 radical (unpaired) electrons. The quantitative estimate of drug-likeness (QED) is 0.617. The highest BCUT2D eigenvalue weighted by molar-refractivity contribution is 8.00. The zero-order chi connectivity index (χ0) is 8.48. The largest absolute Gasteiger partial charge is 0.368 e. The maximum Gasteiger partial charge on any atom is 0.238 e. The van der Waals surface area contributed by atoms with Gasteiger partial charge in [0.05, 0.1) is 0 Å². The van der Waals surface area contributed by atoms with Crippen molar-refractivity contribution in [1.82, 2.24) is 5.32 Å². The monoisotopic (exact) mass is 174 g/mol. The molecular weight excluding hydrogens is 160 g/mol. The molecule has 0 aliphatic carbocycles. The zero-order valence-corrected chi connectivity index (χ0v) is 7.70. The van der Waals surface area contributed by atoms with E-state index in [0.717, 1.165) is 12.2 Å². The number of hydrogen-bond acceptors (Lipinski definition) is 3. The van der Waals surface area contributed by atoms with Gasteiger partial charge in [-0.1, -0.05) is 6.92 Å². The van der Waals surface area contributed by atoms with Crippen LogP contribution in [0.3, 0.4) is 0 Å². The van der Waals surface area contributed by atoms with Crippen LogP contribution in [0.25, 0.3) is 0 Å². The highest BCUT2D eigenvalue weighted by Gasteiger charge is 2.41. The Morgan fingerprint density at radius 3 is 2.64 bits per heavy atom. The second-order valence-electron chi connectivity index (χ2n) is 3.02. The minimum Gasteiger partial charge on any atom is -0.368 e. The number of amides is 1. The SMILES string of the molecule is CNC1(C(N)=O)CSC(C)C1. The van der Waals surface area contributed by atoms with Gasteiger partial charge in [0.15, 0.2) is 0 Å². The zero-order valence-electron chi connectivity index (χ0n) is 6.89. The number of thioether (sulfide) groups is 1. The van der Waals surface area contributed by atoms with Crippen LogP contribution in [-0.4, -0.2) is 29.5 Å². The van der Waals surface area contributed by atoms with Crippen LogP contribution in [0.2, 0.25) is 0 Å². The van der Waals surface area contributed by atoms with Crippen molar-refractivity contribution in [2.45, 2.75) is 24.1 Å². The third-order valence-electron chi connectivity index (χ3n) is 2.20. The molecule has 1 fully saturated rings. The van der Waals surface area contributed by atoms with Crippen LogP contribution >= 0.6 is 11.8 Å². The lowest BCUT2D eigenvalue weighted by atomic mass is 9.96. The van der Waals surface area contributed by atoms with Gasteiger partial charge in [-0.3, -0.25) is 4.79 Å². The van der Waals surface area contributed by atoms with Crippen LogP contribution in [0.15, 0.2) is 0 Å². The number of carbonyl (C=O) groups is 1. The summed E-state index contributed by atoms with van der Waals surface area (Å²) in [4.78, 5) is 11.0. The minimum absolute atomic E-state index is 0.225. The molecule has 1 aliphatic rings. The van der Waals surface area contributed by atoms with Crippen LogP contribution in [-0.2, 0) is 4.79 Å². The molecule has 1 aliphatic heterocycles. The maximum atomic E-state index is 11.0. The van der Waals surface area contributed by atoms with Crippen molar-refractivity contribution in [3.8, 4) is 0 Å². The average Bonchev–Trinajstić information content (AvgIpc) is 2.33. The van der Waals surface area contributed by atoms with Gasteiger partial charge in [-0.25, -0.2) is 0 Å². The molecule has 1 amide bonds. The number of likely N-dealkylation sites (N-methyl/N-ethyl adjacent to an activating group) is 1. The van der Waals surface area contributed by atoms with Crippen molar-refractivity contribution in [2.75, 3.05) is 12.8 Å². The van der Waals surface area contributed by atoms with Gasteiger partial charge >= 0.3 is 0 Å². The topological polar surface area (TPSA) is 55.1 Å². The van der Waals surface area contributed by atoms with Gasteiger partial charge in [0, 0.05) is 11.0 Å². The fourth-order valence-corrected chi connectivity index (χ4v) is 2.74. The van der Waals surface area contributed by atoms with E-state index in [1.807, 2.05) is 0 Å². The second-order valence-corrected chi connectivity index (χ2v) is 4.45. The summed E-state index contributed by atoms with van der Waals surface area (Å²) in [7, 11) is 1.80. The first kappa shape index (κ1) is 8.87. The molecule has 3 N–H and O–H groups in total. The Morgan fingerprint density at radius 1 is 1.82 bits per heavy atom. The summed E-state index contributed by atoms with van der Waals surface area (Å²) in [6, 6.07) is 0. The Hall–Kier alpha value is -0.220. The van der Waals surface area contributed by atoms with E-state index in [1.54, 1.807) is 18.8 Å². The molecule has 2 atom stereocenters. The molecule has 0 aromatic heterocycles. The van der Waals surface area contributed by atoms with Crippen molar-refractivity contribution in [3.63, 3.8) is 0 Å². The van der Waals surface area contributed by atoms with Gasteiger partial charge in [-0.2, -0.15) is 11.8 Å². The Kier molecular flexibility index (Phi) is 2.44. The molecule has 0 bridgehead atoms. The van der Waals surface area contributed by atoms with Gasteiger partial charge < -0.3 is 11.1 Å². The van der Waals surface area contributed by atoms with E-state index in [9.17, 15) is 4.79 Å². The van der Waals surface area contributed by atoms with Crippen LogP contribution in [0, 0.1) is 0 Å². The van der Waals surface area contributed by atoms with E-state index in [-0.39, 0.29) is 5.91 Å². The Morgan fingerprint density at radius 2 is 2.45 bits per heavy atom. The highest BCUT2D eigenvalue weighted by Crippen LogP contribution is 2.33. The standard InChI is InChI=1S/C7H14N2OS/c1-5-3-7(9-2,4-11-5)6(8)10/h5,9H,3-4H2,1-2H3,(H2,8,10). The summed E-state index contributed by atoms with van der Waals surface area (Å²) in [6.45, 7) is 2.12. The predicted octanol–water partition coefficient (Wildman–Crippen LogP) is -0.0447. The number of rotatable bonds is 2. The first-order valence-corrected chi connectivity index (χ1v) is 4.76. The van der Waals surface area contributed by atoms with Crippen molar-refractivity contribution < 1.29 is 4.79 Å². The summed E-state index contributed by atoms with van der Waals surface area (Å²) in [6.07, 6.45) is 0.851. The van der Waals surface area contributed by atoms with Gasteiger partial charge in [-0.05, 0) is 13.5 Å². The summed E-state index contributed by atoms with van der Waals surface area (Å²) in [5, 5.41) is 3.55. The Labute approximate surface area is 71.1 Å². The molecule has 3 nitrogen and oxygen atoms in total. The van der Waals surface area contributed by atoms with Crippen LogP contribution in [0.4, 0.5) is 0 Å². The number of nitrogens with one attached hydrogen (secondary N) is 1. The van der Waals surface area contributed by atoms with Gasteiger partial charge in [0.25, 0.3) is 0 Å². The number of primary amides is 1. The number of carbonyl (C=O) groups excluding carboxylic acids is 1. The molecule has 0 aromatic rings. The van der Waals surface area contributed by atoms with Crippen molar-refractivity contribution in [3.05, 3.63) is 0 Å². The minimum atomic E-state index is -0.440. The molecule has 0 saturated carbocycles. The lowest BCUT2D eigenvalue weighted by Gasteiger charge is -2.23. The smallest absolute Gasteiger partial charge is 0.238 e. The van der Waals surface area contributed by atoms with Crippen molar-refractivity contribution in [2.24, 2.45) is 5.73 Å². The third-order valence-corrected chi connectivity index (χ3v) is 3.60. The molecule has 1 rings (SSSR count).